The molecular formula is C14H16ClN3. The molecule has 94 valence electrons. The minimum Gasteiger partial charge on any atom is -0.328 e. The normalized spacial score (nSPS) is 16.8. The SMILES string of the molecule is NCC(C1CC1)n1cncc1-c1ccccc1Cl. The number of imidazole rings is 1. The van der Waals surface area contributed by atoms with Crippen LogP contribution in [0, 0.1) is 5.92 Å². The van der Waals surface area contributed by atoms with Crippen molar-refractivity contribution in [3.8, 4) is 11.3 Å². The number of benzene rings is 1. The van der Waals surface area contributed by atoms with Crippen molar-refractivity contribution in [1.29, 1.82) is 0 Å². The fourth-order valence-electron chi connectivity index (χ4n) is 2.46. The van der Waals surface area contributed by atoms with Crippen molar-refractivity contribution in [1.82, 2.24) is 9.55 Å². The summed E-state index contributed by atoms with van der Waals surface area (Å²) in [6, 6.07) is 8.21. The average Bonchev–Trinajstić information content (AvgIpc) is 3.10. The first-order valence-corrected chi connectivity index (χ1v) is 6.66. The Morgan fingerprint density at radius 1 is 1.39 bits per heavy atom. The van der Waals surface area contributed by atoms with E-state index >= 15 is 0 Å². The molecule has 1 aromatic heterocycles. The molecule has 1 aromatic carbocycles. The van der Waals surface area contributed by atoms with Crippen LogP contribution in [0.5, 0.6) is 0 Å². The average molecular weight is 262 g/mol. The molecule has 0 saturated heterocycles. The summed E-state index contributed by atoms with van der Waals surface area (Å²) < 4.78 is 2.18. The molecule has 1 unspecified atom stereocenters. The van der Waals surface area contributed by atoms with E-state index in [-0.39, 0.29) is 0 Å². The summed E-state index contributed by atoms with van der Waals surface area (Å²) in [6.45, 7) is 0.651. The first kappa shape index (κ1) is 11.8. The Morgan fingerprint density at radius 3 is 2.83 bits per heavy atom. The van der Waals surface area contributed by atoms with Crippen LogP contribution in [0.4, 0.5) is 0 Å². The van der Waals surface area contributed by atoms with Gasteiger partial charge in [0.2, 0.25) is 0 Å². The third-order valence-electron chi connectivity index (χ3n) is 3.58. The fraction of sp³-hybridized carbons (Fsp3) is 0.357. The number of hydrogen-bond acceptors (Lipinski definition) is 2. The molecule has 1 atom stereocenters. The highest BCUT2D eigenvalue weighted by Gasteiger charge is 2.32. The molecule has 3 nitrogen and oxygen atoms in total. The lowest BCUT2D eigenvalue weighted by Gasteiger charge is -2.19. The number of rotatable bonds is 4. The molecule has 1 saturated carbocycles. The van der Waals surface area contributed by atoms with E-state index in [1.54, 1.807) is 0 Å². The lowest BCUT2D eigenvalue weighted by molar-refractivity contribution is 0.458. The van der Waals surface area contributed by atoms with Gasteiger partial charge < -0.3 is 10.3 Å². The van der Waals surface area contributed by atoms with Crippen molar-refractivity contribution < 1.29 is 0 Å². The van der Waals surface area contributed by atoms with Gasteiger partial charge in [0, 0.05) is 17.1 Å². The van der Waals surface area contributed by atoms with Gasteiger partial charge in [0.1, 0.15) is 0 Å². The number of nitrogens with zero attached hydrogens (tertiary/aromatic N) is 2. The second-order valence-corrected chi connectivity index (χ2v) is 5.21. The Bertz CT molecular complexity index is 545. The molecule has 1 heterocycles. The van der Waals surface area contributed by atoms with Gasteiger partial charge in [-0.25, -0.2) is 4.98 Å². The number of halogens is 1. The molecule has 0 amide bonds. The Hall–Kier alpha value is -1.32. The molecule has 2 N–H and O–H groups in total. The molecule has 1 fully saturated rings. The van der Waals surface area contributed by atoms with E-state index in [9.17, 15) is 0 Å². The lowest BCUT2D eigenvalue weighted by atomic mass is 10.1. The maximum absolute atomic E-state index is 6.26. The van der Waals surface area contributed by atoms with Gasteiger partial charge in [-0.1, -0.05) is 29.8 Å². The Balaban J connectivity index is 2.03. The van der Waals surface area contributed by atoms with E-state index in [4.69, 9.17) is 17.3 Å². The summed E-state index contributed by atoms with van der Waals surface area (Å²) in [7, 11) is 0. The van der Waals surface area contributed by atoms with Gasteiger partial charge in [-0.05, 0) is 24.8 Å². The molecular weight excluding hydrogens is 246 g/mol. The summed E-state index contributed by atoms with van der Waals surface area (Å²) in [5.41, 5.74) is 7.99. The van der Waals surface area contributed by atoms with Crippen LogP contribution in [0.1, 0.15) is 18.9 Å². The maximum atomic E-state index is 6.26. The summed E-state index contributed by atoms with van der Waals surface area (Å²) in [5, 5.41) is 0.755. The van der Waals surface area contributed by atoms with Gasteiger partial charge in [0.15, 0.2) is 0 Å². The van der Waals surface area contributed by atoms with Gasteiger partial charge in [0.25, 0.3) is 0 Å². The molecule has 2 aromatic rings. The van der Waals surface area contributed by atoms with Gasteiger partial charge in [0.05, 0.1) is 24.3 Å². The maximum Gasteiger partial charge on any atom is 0.0954 e. The molecule has 0 bridgehead atoms. The highest BCUT2D eigenvalue weighted by Crippen LogP contribution is 2.41. The Kier molecular flexibility index (Phi) is 3.10. The molecule has 3 rings (SSSR count). The van der Waals surface area contributed by atoms with Gasteiger partial charge in [-0.2, -0.15) is 0 Å². The number of hydrogen-bond donors (Lipinski definition) is 1. The zero-order chi connectivity index (χ0) is 12.5. The second kappa shape index (κ2) is 4.75. The summed E-state index contributed by atoms with van der Waals surface area (Å²) in [4.78, 5) is 4.27. The predicted molar refractivity (Wildman–Crippen MR) is 73.5 cm³/mol. The Morgan fingerprint density at radius 2 is 2.17 bits per heavy atom. The second-order valence-electron chi connectivity index (χ2n) is 4.81. The van der Waals surface area contributed by atoms with Crippen LogP contribution in [0.25, 0.3) is 11.3 Å². The van der Waals surface area contributed by atoms with E-state index in [0.29, 0.717) is 18.5 Å². The van der Waals surface area contributed by atoms with E-state index in [1.165, 1.54) is 12.8 Å². The smallest absolute Gasteiger partial charge is 0.0954 e. The van der Waals surface area contributed by atoms with Gasteiger partial charge in [-0.15, -0.1) is 0 Å². The Labute approximate surface area is 112 Å². The number of aromatic nitrogens is 2. The van der Waals surface area contributed by atoms with Crippen LogP contribution in [0.3, 0.4) is 0 Å². The fourth-order valence-corrected chi connectivity index (χ4v) is 2.69. The summed E-state index contributed by atoms with van der Waals surface area (Å²) in [6.07, 6.45) is 6.27. The first-order valence-electron chi connectivity index (χ1n) is 6.28. The van der Waals surface area contributed by atoms with Crippen molar-refractivity contribution >= 4 is 11.6 Å². The summed E-state index contributed by atoms with van der Waals surface area (Å²) >= 11 is 6.26. The zero-order valence-electron chi connectivity index (χ0n) is 10.1. The van der Waals surface area contributed by atoms with E-state index in [0.717, 1.165) is 16.3 Å². The minimum atomic E-state index is 0.346. The molecule has 1 aliphatic carbocycles. The molecule has 18 heavy (non-hydrogen) atoms. The minimum absolute atomic E-state index is 0.346. The van der Waals surface area contributed by atoms with E-state index in [2.05, 4.69) is 9.55 Å². The van der Waals surface area contributed by atoms with Crippen LogP contribution < -0.4 is 5.73 Å². The third-order valence-corrected chi connectivity index (χ3v) is 3.91. The van der Waals surface area contributed by atoms with Crippen LogP contribution in [0.15, 0.2) is 36.8 Å². The summed E-state index contributed by atoms with van der Waals surface area (Å²) in [5.74, 6) is 0.699. The standard InChI is InChI=1S/C14H16ClN3/c15-12-4-2-1-3-11(12)14-8-17-9-18(14)13(7-16)10-5-6-10/h1-4,8-10,13H,5-7,16H2. The van der Waals surface area contributed by atoms with Crippen LogP contribution in [0.2, 0.25) is 5.02 Å². The van der Waals surface area contributed by atoms with Gasteiger partial charge >= 0.3 is 0 Å². The van der Waals surface area contributed by atoms with Crippen molar-refractivity contribution in [2.75, 3.05) is 6.54 Å². The van der Waals surface area contributed by atoms with Crippen LogP contribution in [-0.2, 0) is 0 Å². The number of nitrogens with two attached hydrogens (primary N) is 1. The third kappa shape index (κ3) is 2.04. The predicted octanol–water partition coefficient (Wildman–Crippen LogP) is 3.11. The topological polar surface area (TPSA) is 43.8 Å². The van der Waals surface area contributed by atoms with Gasteiger partial charge in [-0.3, -0.25) is 0 Å². The van der Waals surface area contributed by atoms with E-state index < -0.39 is 0 Å². The molecule has 0 spiro atoms. The lowest BCUT2D eigenvalue weighted by Crippen LogP contribution is -2.21. The van der Waals surface area contributed by atoms with Crippen LogP contribution in [-0.4, -0.2) is 16.1 Å². The van der Waals surface area contributed by atoms with Crippen molar-refractivity contribution in [2.24, 2.45) is 11.7 Å². The highest BCUT2D eigenvalue weighted by molar-refractivity contribution is 6.33. The van der Waals surface area contributed by atoms with Crippen LogP contribution >= 0.6 is 11.6 Å². The monoisotopic (exact) mass is 261 g/mol. The van der Waals surface area contributed by atoms with Crippen molar-refractivity contribution in [3.63, 3.8) is 0 Å². The molecule has 0 aliphatic heterocycles. The zero-order valence-corrected chi connectivity index (χ0v) is 10.8. The van der Waals surface area contributed by atoms with Crippen molar-refractivity contribution in [3.05, 3.63) is 41.8 Å². The molecule has 0 radical (unpaired) electrons. The first-order chi connectivity index (χ1) is 8.81. The molecule has 1 aliphatic rings. The van der Waals surface area contributed by atoms with Crippen molar-refractivity contribution in [2.45, 2.75) is 18.9 Å². The molecule has 4 heteroatoms. The quantitative estimate of drug-likeness (QED) is 0.919. The largest absolute Gasteiger partial charge is 0.328 e. The van der Waals surface area contributed by atoms with E-state index in [1.807, 2.05) is 36.8 Å². The highest BCUT2D eigenvalue weighted by atomic mass is 35.5.